The quantitative estimate of drug-likeness (QED) is 0.798. The lowest BCUT2D eigenvalue weighted by Crippen LogP contribution is -2.36. The average molecular weight is 355 g/mol. The van der Waals surface area contributed by atoms with Gasteiger partial charge in [0.05, 0.1) is 8.66 Å². The first kappa shape index (κ1) is 13.2. The zero-order valence-corrected chi connectivity index (χ0v) is 12.9. The topological polar surface area (TPSA) is 20.3 Å². The third-order valence-electron chi connectivity index (χ3n) is 2.08. The van der Waals surface area contributed by atoms with Crippen molar-refractivity contribution in [3.8, 4) is 0 Å². The molecule has 0 spiro atoms. The van der Waals surface area contributed by atoms with Crippen LogP contribution in [-0.4, -0.2) is 23.4 Å². The molecule has 0 saturated carbocycles. The molecule has 1 heterocycles. The van der Waals surface area contributed by atoms with E-state index in [1.807, 2.05) is 31.7 Å². The molecular formula is C10H13Br2NOS. The molecule has 0 radical (unpaired) electrons. The Morgan fingerprint density at radius 1 is 1.53 bits per heavy atom. The second-order valence-corrected chi connectivity index (χ2v) is 6.64. The Morgan fingerprint density at radius 2 is 2.13 bits per heavy atom. The first-order valence-electron chi connectivity index (χ1n) is 4.73. The van der Waals surface area contributed by atoms with E-state index in [1.54, 1.807) is 0 Å². The standard InChI is InChI=1S/C10H13Br2NOS/c1-4-13(6(2)3)10(14)8-5-7(11)9(12)15-8/h5-6H,4H2,1-3H3. The molecule has 2 nitrogen and oxygen atoms in total. The average Bonchev–Trinajstić information content (AvgIpc) is 2.47. The number of thiophene rings is 1. The summed E-state index contributed by atoms with van der Waals surface area (Å²) in [7, 11) is 0. The molecule has 0 aliphatic heterocycles. The highest BCUT2D eigenvalue weighted by molar-refractivity contribution is 9.13. The van der Waals surface area contributed by atoms with E-state index < -0.39 is 0 Å². The van der Waals surface area contributed by atoms with E-state index >= 15 is 0 Å². The van der Waals surface area contributed by atoms with Crippen LogP contribution < -0.4 is 0 Å². The highest BCUT2D eigenvalue weighted by Gasteiger charge is 2.19. The van der Waals surface area contributed by atoms with Crippen molar-refractivity contribution >= 4 is 49.1 Å². The second kappa shape index (κ2) is 5.46. The molecule has 0 fully saturated rings. The van der Waals surface area contributed by atoms with Crippen molar-refractivity contribution < 1.29 is 4.79 Å². The Kier molecular flexibility index (Phi) is 4.80. The maximum atomic E-state index is 12.1. The largest absolute Gasteiger partial charge is 0.336 e. The van der Waals surface area contributed by atoms with E-state index in [-0.39, 0.29) is 11.9 Å². The molecule has 0 atom stereocenters. The van der Waals surface area contributed by atoms with Crippen LogP contribution in [0.15, 0.2) is 14.3 Å². The molecule has 5 heteroatoms. The molecule has 1 aromatic heterocycles. The van der Waals surface area contributed by atoms with Crippen LogP contribution in [0.2, 0.25) is 0 Å². The molecule has 1 rings (SSSR count). The zero-order chi connectivity index (χ0) is 11.6. The SMILES string of the molecule is CCN(C(=O)c1cc(Br)c(Br)s1)C(C)C. The Morgan fingerprint density at radius 3 is 2.47 bits per heavy atom. The molecule has 1 amide bonds. The fourth-order valence-corrected chi connectivity index (χ4v) is 3.33. The van der Waals surface area contributed by atoms with Gasteiger partial charge < -0.3 is 4.90 Å². The fraction of sp³-hybridized carbons (Fsp3) is 0.500. The van der Waals surface area contributed by atoms with Crippen molar-refractivity contribution in [1.82, 2.24) is 4.90 Å². The van der Waals surface area contributed by atoms with Crippen LogP contribution >= 0.6 is 43.2 Å². The van der Waals surface area contributed by atoms with Crippen molar-refractivity contribution in [2.75, 3.05) is 6.54 Å². The summed E-state index contributed by atoms with van der Waals surface area (Å²) in [5.74, 6) is 0.101. The van der Waals surface area contributed by atoms with E-state index in [2.05, 4.69) is 31.9 Å². The van der Waals surface area contributed by atoms with Gasteiger partial charge in [-0.15, -0.1) is 11.3 Å². The molecule has 0 aliphatic carbocycles. The summed E-state index contributed by atoms with van der Waals surface area (Å²) in [5, 5.41) is 0. The van der Waals surface area contributed by atoms with Crippen LogP contribution in [0.1, 0.15) is 30.4 Å². The maximum Gasteiger partial charge on any atom is 0.264 e. The highest BCUT2D eigenvalue weighted by Crippen LogP contribution is 2.33. The minimum absolute atomic E-state index is 0.101. The minimum Gasteiger partial charge on any atom is -0.336 e. The van der Waals surface area contributed by atoms with Gasteiger partial charge in [-0.1, -0.05) is 0 Å². The van der Waals surface area contributed by atoms with Crippen LogP contribution in [0, 0.1) is 0 Å². The summed E-state index contributed by atoms with van der Waals surface area (Å²) in [4.78, 5) is 14.7. The van der Waals surface area contributed by atoms with Gasteiger partial charge in [-0.25, -0.2) is 0 Å². The Labute approximate surface area is 111 Å². The number of amides is 1. The number of hydrogen-bond acceptors (Lipinski definition) is 2. The van der Waals surface area contributed by atoms with E-state index in [9.17, 15) is 4.79 Å². The molecule has 0 aromatic carbocycles. The number of carbonyl (C=O) groups is 1. The number of carbonyl (C=O) groups excluding carboxylic acids is 1. The van der Waals surface area contributed by atoms with Crippen LogP contribution in [-0.2, 0) is 0 Å². The van der Waals surface area contributed by atoms with Gasteiger partial charge in [-0.05, 0) is 58.7 Å². The van der Waals surface area contributed by atoms with Gasteiger partial charge in [-0.3, -0.25) is 4.79 Å². The third-order valence-corrected chi connectivity index (χ3v) is 5.33. The third kappa shape index (κ3) is 3.04. The Bertz CT molecular complexity index is 343. The lowest BCUT2D eigenvalue weighted by molar-refractivity contribution is 0.0722. The van der Waals surface area contributed by atoms with Crippen molar-refractivity contribution in [2.24, 2.45) is 0 Å². The first-order valence-corrected chi connectivity index (χ1v) is 7.13. The van der Waals surface area contributed by atoms with Gasteiger partial charge in [0.1, 0.15) is 0 Å². The number of halogens is 2. The first-order chi connectivity index (χ1) is 6.97. The number of nitrogens with zero attached hydrogens (tertiary/aromatic N) is 1. The number of hydrogen-bond donors (Lipinski definition) is 0. The summed E-state index contributed by atoms with van der Waals surface area (Å²) < 4.78 is 1.90. The van der Waals surface area contributed by atoms with Crippen molar-refractivity contribution in [1.29, 1.82) is 0 Å². The molecule has 0 saturated heterocycles. The van der Waals surface area contributed by atoms with Gasteiger partial charge in [-0.2, -0.15) is 0 Å². The normalized spacial score (nSPS) is 10.8. The molecule has 0 N–H and O–H groups in total. The Hall–Kier alpha value is 0.130. The van der Waals surface area contributed by atoms with Crippen LogP contribution in [0.5, 0.6) is 0 Å². The molecule has 84 valence electrons. The van der Waals surface area contributed by atoms with E-state index in [0.29, 0.717) is 0 Å². The van der Waals surface area contributed by atoms with Crippen molar-refractivity contribution in [3.63, 3.8) is 0 Å². The summed E-state index contributed by atoms with van der Waals surface area (Å²) in [5.41, 5.74) is 0. The smallest absolute Gasteiger partial charge is 0.264 e. The van der Waals surface area contributed by atoms with Gasteiger partial charge in [0.15, 0.2) is 0 Å². The highest BCUT2D eigenvalue weighted by atomic mass is 79.9. The van der Waals surface area contributed by atoms with Crippen molar-refractivity contribution in [2.45, 2.75) is 26.8 Å². The van der Waals surface area contributed by atoms with E-state index in [1.165, 1.54) is 11.3 Å². The van der Waals surface area contributed by atoms with Gasteiger partial charge in [0.2, 0.25) is 0 Å². The van der Waals surface area contributed by atoms with Crippen LogP contribution in [0.4, 0.5) is 0 Å². The van der Waals surface area contributed by atoms with E-state index in [4.69, 9.17) is 0 Å². The van der Waals surface area contributed by atoms with Crippen LogP contribution in [0.25, 0.3) is 0 Å². The monoisotopic (exact) mass is 353 g/mol. The second-order valence-electron chi connectivity index (χ2n) is 3.42. The van der Waals surface area contributed by atoms with Gasteiger partial charge >= 0.3 is 0 Å². The van der Waals surface area contributed by atoms with E-state index in [0.717, 1.165) is 19.7 Å². The Balaban J connectivity index is 2.93. The molecule has 0 bridgehead atoms. The predicted octanol–water partition coefficient (Wildman–Crippen LogP) is 4.14. The summed E-state index contributed by atoms with van der Waals surface area (Å²) in [6.07, 6.45) is 0. The molecule has 1 aromatic rings. The van der Waals surface area contributed by atoms with Gasteiger partial charge in [0, 0.05) is 17.1 Å². The van der Waals surface area contributed by atoms with Gasteiger partial charge in [0.25, 0.3) is 5.91 Å². The lowest BCUT2D eigenvalue weighted by Gasteiger charge is -2.24. The fourth-order valence-electron chi connectivity index (χ4n) is 1.34. The predicted molar refractivity (Wildman–Crippen MR) is 71.6 cm³/mol. The molecule has 15 heavy (non-hydrogen) atoms. The van der Waals surface area contributed by atoms with Crippen molar-refractivity contribution in [3.05, 3.63) is 19.2 Å². The zero-order valence-electron chi connectivity index (χ0n) is 8.88. The minimum atomic E-state index is 0.101. The summed E-state index contributed by atoms with van der Waals surface area (Å²) in [6, 6.07) is 2.10. The van der Waals surface area contributed by atoms with Crippen LogP contribution in [0.3, 0.4) is 0 Å². The maximum absolute atomic E-state index is 12.1. The summed E-state index contributed by atoms with van der Waals surface area (Å²) in [6.45, 7) is 6.79. The molecular weight excluding hydrogens is 342 g/mol. The lowest BCUT2D eigenvalue weighted by atomic mass is 10.3. The molecule has 0 unspecified atom stereocenters. The molecule has 0 aliphatic rings. The summed E-state index contributed by atoms with van der Waals surface area (Å²) >= 11 is 8.24. The number of rotatable bonds is 3.